The van der Waals surface area contributed by atoms with Crippen molar-refractivity contribution in [1.82, 2.24) is 9.88 Å². The molecule has 0 aliphatic carbocycles. The van der Waals surface area contributed by atoms with E-state index >= 15 is 0 Å². The van der Waals surface area contributed by atoms with Gasteiger partial charge in [-0.3, -0.25) is 9.59 Å². The van der Waals surface area contributed by atoms with Gasteiger partial charge in [-0.1, -0.05) is 0 Å². The van der Waals surface area contributed by atoms with Crippen LogP contribution < -0.4 is 10.9 Å². The highest BCUT2D eigenvalue weighted by Crippen LogP contribution is 2.27. The highest BCUT2D eigenvalue weighted by atomic mass is 32.2. The van der Waals surface area contributed by atoms with Crippen LogP contribution in [0.2, 0.25) is 0 Å². The van der Waals surface area contributed by atoms with Gasteiger partial charge in [-0.2, -0.15) is 11.8 Å². The van der Waals surface area contributed by atoms with Crippen molar-refractivity contribution < 1.29 is 14.7 Å². The van der Waals surface area contributed by atoms with Crippen LogP contribution in [0.3, 0.4) is 0 Å². The largest absolute Gasteiger partial charge is 0.480 e. The van der Waals surface area contributed by atoms with Crippen molar-refractivity contribution in [3.63, 3.8) is 0 Å². The van der Waals surface area contributed by atoms with Gasteiger partial charge in [0, 0.05) is 24.9 Å². The third kappa shape index (κ3) is 2.87. The van der Waals surface area contributed by atoms with Crippen molar-refractivity contribution >= 4 is 23.6 Å². The molecule has 0 spiro atoms. The summed E-state index contributed by atoms with van der Waals surface area (Å²) in [5.74, 6) is -0.140. The maximum atomic E-state index is 12.2. The number of aliphatic carboxylic acids is 1. The molecule has 1 aromatic heterocycles. The fourth-order valence-electron chi connectivity index (χ4n) is 2.09. The van der Waals surface area contributed by atoms with Crippen molar-refractivity contribution in [2.45, 2.75) is 18.4 Å². The maximum absolute atomic E-state index is 12.2. The van der Waals surface area contributed by atoms with E-state index in [-0.39, 0.29) is 11.1 Å². The van der Waals surface area contributed by atoms with Crippen molar-refractivity contribution in [3.05, 3.63) is 34.2 Å². The van der Waals surface area contributed by atoms with E-state index in [1.807, 2.05) is 0 Å². The number of carboxylic acids is 1. The predicted octanol–water partition coefficient (Wildman–Crippen LogP) is 0.465. The number of carbonyl (C=O) groups excluding carboxylic acids is 1. The first-order chi connectivity index (χ1) is 9.44. The van der Waals surface area contributed by atoms with E-state index in [4.69, 9.17) is 0 Å². The fraction of sp³-hybridized carbons (Fsp3) is 0.462. The van der Waals surface area contributed by atoms with Gasteiger partial charge in [0.05, 0.1) is 0 Å². The molecule has 0 saturated carbocycles. The number of thioether (sulfide) groups is 1. The van der Waals surface area contributed by atoms with E-state index in [1.54, 1.807) is 18.8 Å². The summed E-state index contributed by atoms with van der Waals surface area (Å²) in [5.41, 5.74) is -1.34. The van der Waals surface area contributed by atoms with Gasteiger partial charge in [-0.25, -0.2) is 4.79 Å². The third-order valence-corrected chi connectivity index (χ3v) is 4.46. The zero-order valence-corrected chi connectivity index (χ0v) is 11.9. The lowest BCUT2D eigenvalue weighted by atomic mass is 9.92. The van der Waals surface area contributed by atoms with Gasteiger partial charge in [0.2, 0.25) is 0 Å². The molecule has 1 saturated heterocycles. The molecule has 1 aliphatic rings. The number of rotatable bonds is 3. The molecular formula is C13H16N2O4S. The zero-order valence-electron chi connectivity index (χ0n) is 11.1. The number of hydrogen-bond donors (Lipinski definition) is 2. The molecule has 1 aliphatic heterocycles. The smallest absolute Gasteiger partial charge is 0.329 e. The van der Waals surface area contributed by atoms with Crippen LogP contribution in [-0.2, 0) is 11.8 Å². The normalized spacial score (nSPS) is 17.4. The number of amides is 1. The van der Waals surface area contributed by atoms with Crippen LogP contribution in [0.5, 0.6) is 0 Å². The van der Waals surface area contributed by atoms with Crippen molar-refractivity contribution in [1.29, 1.82) is 0 Å². The average molecular weight is 296 g/mol. The number of carbonyl (C=O) groups is 2. The van der Waals surface area contributed by atoms with Crippen molar-refractivity contribution in [2.24, 2.45) is 7.05 Å². The molecular weight excluding hydrogens is 280 g/mol. The summed E-state index contributed by atoms with van der Waals surface area (Å²) >= 11 is 1.67. The Morgan fingerprint density at radius 3 is 2.60 bits per heavy atom. The van der Waals surface area contributed by atoms with Crippen LogP contribution in [0.15, 0.2) is 23.1 Å². The second-order valence-electron chi connectivity index (χ2n) is 4.82. The van der Waals surface area contributed by atoms with Gasteiger partial charge < -0.3 is 15.0 Å². The summed E-state index contributed by atoms with van der Waals surface area (Å²) < 4.78 is 1.35. The number of carboxylic acid groups (broad SMARTS) is 1. The number of aryl methyl sites for hydroxylation is 1. The molecule has 0 atom stereocenters. The van der Waals surface area contributed by atoms with Gasteiger partial charge in [0.15, 0.2) is 0 Å². The molecule has 0 bridgehead atoms. The van der Waals surface area contributed by atoms with E-state index in [9.17, 15) is 19.5 Å². The lowest BCUT2D eigenvalue weighted by Crippen LogP contribution is -2.56. The Morgan fingerprint density at radius 2 is 2.05 bits per heavy atom. The van der Waals surface area contributed by atoms with Gasteiger partial charge in [0.25, 0.3) is 11.5 Å². The monoisotopic (exact) mass is 296 g/mol. The topological polar surface area (TPSA) is 88.4 Å². The zero-order chi connectivity index (χ0) is 14.8. The first kappa shape index (κ1) is 14.6. The lowest BCUT2D eigenvalue weighted by molar-refractivity contribution is -0.144. The summed E-state index contributed by atoms with van der Waals surface area (Å²) in [4.78, 5) is 35.1. The Hall–Kier alpha value is -1.76. The van der Waals surface area contributed by atoms with E-state index in [2.05, 4.69) is 5.32 Å². The molecule has 0 radical (unpaired) electrons. The van der Waals surface area contributed by atoms with Crippen LogP contribution in [0.4, 0.5) is 0 Å². The van der Waals surface area contributed by atoms with E-state index in [1.165, 1.54) is 22.9 Å². The van der Waals surface area contributed by atoms with Crippen LogP contribution in [0.25, 0.3) is 0 Å². The van der Waals surface area contributed by atoms with Gasteiger partial charge in [-0.15, -0.1) is 0 Å². The summed E-state index contributed by atoms with van der Waals surface area (Å²) in [6.45, 7) is 0. The molecule has 108 valence electrons. The Balaban J connectivity index is 2.22. The number of hydrogen-bond acceptors (Lipinski definition) is 4. The van der Waals surface area contributed by atoms with Crippen LogP contribution >= 0.6 is 11.8 Å². The number of aromatic nitrogens is 1. The fourth-order valence-corrected chi connectivity index (χ4v) is 3.28. The molecule has 1 fully saturated rings. The minimum Gasteiger partial charge on any atom is -0.480 e. The molecule has 2 rings (SSSR count). The first-order valence-corrected chi connectivity index (χ1v) is 7.40. The molecule has 7 heteroatoms. The highest BCUT2D eigenvalue weighted by Gasteiger charge is 2.41. The maximum Gasteiger partial charge on any atom is 0.329 e. The minimum atomic E-state index is -1.22. The molecule has 2 heterocycles. The van der Waals surface area contributed by atoms with Crippen molar-refractivity contribution in [2.75, 3.05) is 11.5 Å². The van der Waals surface area contributed by atoms with Gasteiger partial charge >= 0.3 is 5.97 Å². The average Bonchev–Trinajstić information content (AvgIpc) is 2.42. The van der Waals surface area contributed by atoms with E-state index < -0.39 is 17.4 Å². The molecule has 20 heavy (non-hydrogen) atoms. The third-order valence-electron chi connectivity index (χ3n) is 3.48. The second kappa shape index (κ2) is 5.70. The van der Waals surface area contributed by atoms with Crippen molar-refractivity contribution in [3.8, 4) is 0 Å². The summed E-state index contributed by atoms with van der Waals surface area (Å²) in [7, 11) is 1.58. The summed E-state index contributed by atoms with van der Waals surface area (Å²) in [5, 5.41) is 12.0. The Morgan fingerprint density at radius 1 is 1.40 bits per heavy atom. The van der Waals surface area contributed by atoms with Gasteiger partial charge in [-0.05, 0) is 30.4 Å². The molecule has 2 N–H and O–H groups in total. The Kier molecular flexibility index (Phi) is 4.17. The highest BCUT2D eigenvalue weighted by molar-refractivity contribution is 7.99. The molecule has 6 nitrogen and oxygen atoms in total. The Labute approximate surface area is 120 Å². The molecule has 1 amide bonds. The van der Waals surface area contributed by atoms with Crippen LogP contribution in [0, 0.1) is 0 Å². The SMILES string of the molecule is Cn1ccc(C(=O)NC2(C(=O)O)CCSCC2)cc1=O. The predicted molar refractivity (Wildman–Crippen MR) is 76.1 cm³/mol. The van der Waals surface area contributed by atoms with Crippen LogP contribution in [0.1, 0.15) is 23.2 Å². The van der Waals surface area contributed by atoms with E-state index in [0.717, 1.165) is 0 Å². The summed E-state index contributed by atoms with van der Waals surface area (Å²) in [6, 6.07) is 2.71. The number of pyridine rings is 1. The lowest BCUT2D eigenvalue weighted by Gasteiger charge is -2.33. The van der Waals surface area contributed by atoms with E-state index in [0.29, 0.717) is 24.3 Å². The number of nitrogens with zero attached hydrogens (tertiary/aromatic N) is 1. The standard InChI is InChI=1S/C13H16N2O4S/c1-15-5-2-9(8-10(15)16)11(17)14-13(12(18)19)3-6-20-7-4-13/h2,5,8H,3-4,6-7H2,1H3,(H,14,17)(H,18,19). The minimum absolute atomic E-state index is 0.187. The Bertz CT molecular complexity index is 590. The first-order valence-electron chi connectivity index (χ1n) is 6.25. The molecule has 1 aromatic rings. The van der Waals surface area contributed by atoms with Gasteiger partial charge in [0.1, 0.15) is 5.54 Å². The summed E-state index contributed by atoms with van der Waals surface area (Å²) in [6.07, 6.45) is 2.27. The quantitative estimate of drug-likeness (QED) is 0.846. The molecule has 0 unspecified atom stereocenters. The second-order valence-corrected chi connectivity index (χ2v) is 6.04. The number of nitrogens with one attached hydrogen (secondary N) is 1. The molecule has 0 aromatic carbocycles. The van der Waals surface area contributed by atoms with Crippen LogP contribution in [-0.4, -0.2) is 38.6 Å².